The van der Waals surface area contributed by atoms with E-state index in [9.17, 15) is 30.8 Å². The average Bonchev–Trinajstić information content (AvgIpc) is 3.48. The molecule has 1 amide bonds. The Balaban J connectivity index is 1.52. The van der Waals surface area contributed by atoms with E-state index in [1.165, 1.54) is 23.1 Å². The highest BCUT2D eigenvalue weighted by Gasteiger charge is 2.62. The van der Waals surface area contributed by atoms with Crippen LogP contribution in [0.15, 0.2) is 36.4 Å². The fraction of sp³-hybridized carbons (Fsp3) is 0.458. The molecule has 1 N–H and O–H groups in total. The lowest BCUT2D eigenvalue weighted by Crippen LogP contribution is -2.53. The minimum Gasteiger partial charge on any atom is -0.368 e. The first kappa shape index (κ1) is 25.1. The predicted molar refractivity (Wildman–Crippen MR) is 119 cm³/mol. The van der Waals surface area contributed by atoms with Crippen molar-refractivity contribution in [2.24, 2.45) is 5.41 Å². The van der Waals surface area contributed by atoms with Crippen LogP contribution in [0.2, 0.25) is 0 Å². The van der Waals surface area contributed by atoms with Gasteiger partial charge in [0.25, 0.3) is 15.9 Å². The van der Waals surface area contributed by atoms with Crippen LogP contribution in [-0.4, -0.2) is 56.3 Å². The van der Waals surface area contributed by atoms with Crippen molar-refractivity contribution in [1.29, 1.82) is 0 Å². The molecule has 0 unspecified atom stereocenters. The van der Waals surface area contributed by atoms with E-state index < -0.39 is 62.7 Å². The highest BCUT2D eigenvalue weighted by atomic mass is 32.2. The first-order chi connectivity index (χ1) is 17.0. The third-order valence-electron chi connectivity index (χ3n) is 7.29. The monoisotopic (exact) mass is 530 g/mol. The lowest BCUT2D eigenvalue weighted by molar-refractivity contribution is -0.157. The topological polar surface area (TPSA) is 75.7 Å². The van der Waals surface area contributed by atoms with Crippen molar-refractivity contribution in [3.8, 4) is 11.1 Å². The number of hydrogen-bond donors (Lipinski definition) is 1. The number of carbonyl (C=O) groups excluding carboxylic acids is 1. The van der Waals surface area contributed by atoms with Gasteiger partial charge < -0.3 is 9.64 Å². The number of halogens is 5. The number of likely N-dealkylation sites (tertiary alicyclic amines) is 1. The van der Waals surface area contributed by atoms with E-state index in [2.05, 4.69) is 4.72 Å². The Bertz CT molecular complexity index is 1280. The van der Waals surface area contributed by atoms with E-state index in [0.717, 1.165) is 12.1 Å². The Morgan fingerprint density at radius 2 is 1.81 bits per heavy atom. The summed E-state index contributed by atoms with van der Waals surface area (Å²) in [5.41, 5.74) is -0.808. The largest absolute Gasteiger partial charge is 0.368 e. The van der Waals surface area contributed by atoms with Gasteiger partial charge in [0.1, 0.15) is 23.6 Å². The van der Waals surface area contributed by atoms with E-state index in [0.29, 0.717) is 31.9 Å². The maximum atomic E-state index is 15.6. The molecule has 6 nitrogen and oxygen atoms in total. The van der Waals surface area contributed by atoms with E-state index in [1.807, 2.05) is 0 Å². The molecule has 194 valence electrons. The van der Waals surface area contributed by atoms with E-state index in [4.69, 9.17) is 4.74 Å². The van der Waals surface area contributed by atoms with Crippen LogP contribution in [-0.2, 0) is 26.0 Å². The Morgan fingerprint density at radius 3 is 2.36 bits per heavy atom. The second kappa shape index (κ2) is 9.07. The number of alkyl halides is 2. The Kier molecular flexibility index (Phi) is 6.32. The summed E-state index contributed by atoms with van der Waals surface area (Å²) < 4.78 is 101. The zero-order valence-corrected chi connectivity index (χ0v) is 19.7. The molecule has 3 aliphatic rings. The number of hydrogen-bond acceptors (Lipinski definition) is 4. The molecular weight excluding hydrogens is 507 g/mol. The first-order valence-electron chi connectivity index (χ1n) is 11.5. The Morgan fingerprint density at radius 1 is 1.14 bits per heavy atom. The van der Waals surface area contributed by atoms with Crippen molar-refractivity contribution in [1.82, 2.24) is 9.62 Å². The van der Waals surface area contributed by atoms with Crippen LogP contribution < -0.4 is 4.72 Å². The molecular formula is C24H23F5N2O4S. The molecule has 36 heavy (non-hydrogen) atoms. The molecule has 3 atom stereocenters. The summed E-state index contributed by atoms with van der Waals surface area (Å²) >= 11 is 0. The van der Waals surface area contributed by atoms with Crippen molar-refractivity contribution < 1.29 is 39.9 Å². The van der Waals surface area contributed by atoms with Gasteiger partial charge in [0.15, 0.2) is 0 Å². The van der Waals surface area contributed by atoms with Gasteiger partial charge in [-0.05, 0) is 42.5 Å². The average molecular weight is 531 g/mol. The number of nitrogens with one attached hydrogen (secondary N) is 1. The predicted octanol–water partition coefficient (Wildman–Crippen LogP) is 3.60. The molecule has 1 saturated carbocycles. The Hall–Kier alpha value is -2.57. The van der Waals surface area contributed by atoms with Crippen molar-refractivity contribution >= 4 is 15.9 Å². The summed E-state index contributed by atoms with van der Waals surface area (Å²) in [4.78, 5) is 14.5. The summed E-state index contributed by atoms with van der Waals surface area (Å²) in [6.45, 7) is 0.519. The van der Waals surface area contributed by atoms with Gasteiger partial charge in [-0.1, -0.05) is 18.2 Å². The van der Waals surface area contributed by atoms with Crippen molar-refractivity contribution in [2.45, 2.75) is 49.6 Å². The minimum absolute atomic E-state index is 0.0392. The maximum Gasteiger partial charge on any atom is 0.350 e. The van der Waals surface area contributed by atoms with Gasteiger partial charge in [0.2, 0.25) is 0 Å². The summed E-state index contributed by atoms with van der Waals surface area (Å²) in [6.07, 6.45) is 0.576. The quantitative estimate of drug-likeness (QED) is 0.556. The third-order valence-corrected chi connectivity index (χ3v) is 8.34. The highest BCUT2D eigenvalue weighted by molar-refractivity contribution is 7.89. The zero-order chi connectivity index (χ0) is 25.8. The standard InChI is InChI=1S/C24H23F5N2O4S/c25-15-8-14(9-16(26)11-15)17-3-1-2-13(20(17)27)10-18-21(30-36(33,34)23(28)29)24(5-6-24)12-31(18)22(32)19-4-7-35-19/h1-3,8-9,11,18-19,21,23,30H,4-7,10,12H2/t18-,19+,21+/m0/s1. The van der Waals surface area contributed by atoms with Crippen LogP contribution in [0, 0.1) is 22.9 Å². The minimum atomic E-state index is -5.00. The summed E-state index contributed by atoms with van der Waals surface area (Å²) in [5, 5.41) is 0. The number of ether oxygens (including phenoxy) is 1. The molecule has 0 radical (unpaired) electrons. The number of sulfonamides is 1. The van der Waals surface area contributed by atoms with Crippen LogP contribution in [0.3, 0.4) is 0 Å². The van der Waals surface area contributed by atoms with Gasteiger partial charge in [0.05, 0.1) is 12.6 Å². The number of rotatable bonds is 7. The van der Waals surface area contributed by atoms with Gasteiger partial charge in [-0.25, -0.2) is 26.3 Å². The number of carbonyl (C=O) groups is 1. The normalized spacial score (nSPS) is 24.8. The fourth-order valence-corrected chi connectivity index (χ4v) is 6.05. The van der Waals surface area contributed by atoms with Gasteiger partial charge in [-0.3, -0.25) is 4.79 Å². The van der Waals surface area contributed by atoms with Crippen LogP contribution in [0.5, 0.6) is 0 Å². The van der Waals surface area contributed by atoms with Crippen molar-refractivity contribution in [3.05, 3.63) is 59.4 Å². The molecule has 1 aliphatic carbocycles. The molecule has 12 heteroatoms. The van der Waals surface area contributed by atoms with Gasteiger partial charge in [-0.15, -0.1) is 0 Å². The molecule has 0 bridgehead atoms. The molecule has 2 aromatic carbocycles. The fourth-order valence-electron chi connectivity index (χ4n) is 5.18. The van der Waals surface area contributed by atoms with Crippen molar-refractivity contribution in [2.75, 3.05) is 13.2 Å². The second-order valence-electron chi connectivity index (χ2n) is 9.59. The van der Waals surface area contributed by atoms with E-state index >= 15 is 4.39 Å². The van der Waals surface area contributed by atoms with Crippen LogP contribution >= 0.6 is 0 Å². The molecule has 2 saturated heterocycles. The molecule has 0 aromatic heterocycles. The lowest BCUT2D eigenvalue weighted by atomic mass is 9.91. The van der Waals surface area contributed by atoms with Crippen LogP contribution in [0.4, 0.5) is 22.0 Å². The highest BCUT2D eigenvalue weighted by Crippen LogP contribution is 2.56. The van der Waals surface area contributed by atoms with Crippen LogP contribution in [0.25, 0.3) is 11.1 Å². The smallest absolute Gasteiger partial charge is 0.350 e. The van der Waals surface area contributed by atoms with Gasteiger partial charge in [-0.2, -0.15) is 8.78 Å². The summed E-state index contributed by atoms with van der Waals surface area (Å²) in [7, 11) is -5.00. The van der Waals surface area contributed by atoms with Crippen LogP contribution in [0.1, 0.15) is 24.8 Å². The molecule has 1 spiro atoms. The number of amides is 1. The molecule has 2 heterocycles. The molecule has 3 fully saturated rings. The lowest BCUT2D eigenvalue weighted by Gasteiger charge is -2.34. The molecule has 2 aromatic rings. The second-order valence-corrected chi connectivity index (χ2v) is 11.3. The summed E-state index contributed by atoms with van der Waals surface area (Å²) in [5.74, 6) is -6.65. The summed E-state index contributed by atoms with van der Waals surface area (Å²) in [6, 6.07) is 4.80. The molecule has 5 rings (SSSR count). The first-order valence-corrected chi connectivity index (χ1v) is 13.0. The molecule has 2 aliphatic heterocycles. The van der Waals surface area contributed by atoms with E-state index in [1.54, 1.807) is 0 Å². The maximum absolute atomic E-state index is 15.6. The number of nitrogens with zero attached hydrogens (tertiary/aromatic N) is 1. The van der Waals surface area contributed by atoms with Crippen molar-refractivity contribution in [3.63, 3.8) is 0 Å². The van der Waals surface area contributed by atoms with Gasteiger partial charge in [0, 0.05) is 36.1 Å². The van der Waals surface area contributed by atoms with Gasteiger partial charge >= 0.3 is 5.76 Å². The SMILES string of the molecule is O=C([C@H]1CCO1)N1CC2(CC2)[C@H](NS(=O)(=O)C(F)F)[C@@H]1Cc1cccc(-c2cc(F)cc(F)c2)c1F. The Labute approximate surface area is 204 Å². The third kappa shape index (κ3) is 4.50. The number of benzene rings is 2. The zero-order valence-electron chi connectivity index (χ0n) is 18.9. The van der Waals surface area contributed by atoms with E-state index in [-0.39, 0.29) is 29.7 Å².